The highest BCUT2D eigenvalue weighted by Gasteiger charge is 2.24. The van der Waals surface area contributed by atoms with Crippen molar-refractivity contribution in [3.63, 3.8) is 0 Å². The Morgan fingerprint density at radius 2 is 1.35 bits per heavy atom. The van der Waals surface area contributed by atoms with Crippen LogP contribution in [0.15, 0.2) is 85.1 Å². The minimum Gasteiger partial charge on any atom is -0.361 e. The molecular weight excluding hydrogens is 316 g/mol. The number of rotatable bonds is 3. The van der Waals surface area contributed by atoms with Crippen molar-refractivity contribution in [1.82, 2.24) is 9.97 Å². The van der Waals surface area contributed by atoms with Crippen LogP contribution in [-0.2, 0) is 0 Å². The molecule has 26 heavy (non-hydrogen) atoms. The molecule has 1 unspecified atom stereocenters. The molecule has 5 aromatic rings. The van der Waals surface area contributed by atoms with Crippen molar-refractivity contribution >= 4 is 21.8 Å². The zero-order valence-corrected chi connectivity index (χ0v) is 14.7. The maximum absolute atomic E-state index is 3.70. The highest BCUT2D eigenvalue weighted by Crippen LogP contribution is 2.39. The molecule has 2 aromatic heterocycles. The van der Waals surface area contributed by atoms with E-state index in [9.17, 15) is 0 Å². The molecule has 0 spiro atoms. The van der Waals surface area contributed by atoms with Gasteiger partial charge in [0, 0.05) is 33.7 Å². The van der Waals surface area contributed by atoms with Gasteiger partial charge in [-0.25, -0.2) is 0 Å². The first-order valence-electron chi connectivity index (χ1n) is 9.01. The maximum Gasteiger partial charge on any atom is 0.0514 e. The van der Waals surface area contributed by atoms with Gasteiger partial charge in [0.1, 0.15) is 0 Å². The smallest absolute Gasteiger partial charge is 0.0514 e. The van der Waals surface area contributed by atoms with Gasteiger partial charge in [-0.3, -0.25) is 0 Å². The van der Waals surface area contributed by atoms with Gasteiger partial charge in [-0.1, -0.05) is 66.7 Å². The monoisotopic (exact) mass is 336 g/mol. The van der Waals surface area contributed by atoms with E-state index in [1.807, 2.05) is 0 Å². The molecule has 1 atom stereocenters. The van der Waals surface area contributed by atoms with Gasteiger partial charge in [0.2, 0.25) is 0 Å². The van der Waals surface area contributed by atoms with Gasteiger partial charge < -0.3 is 9.97 Å². The van der Waals surface area contributed by atoms with E-state index in [2.05, 4.69) is 102 Å². The first-order chi connectivity index (χ1) is 12.8. The first-order valence-corrected chi connectivity index (χ1v) is 9.01. The summed E-state index contributed by atoms with van der Waals surface area (Å²) >= 11 is 0. The van der Waals surface area contributed by atoms with E-state index in [-0.39, 0.29) is 5.92 Å². The molecule has 126 valence electrons. The van der Waals surface area contributed by atoms with Crippen molar-refractivity contribution < 1.29 is 0 Å². The first kappa shape index (κ1) is 15.0. The molecule has 2 heterocycles. The molecule has 0 fully saturated rings. The third-order valence-corrected chi connectivity index (χ3v) is 5.36. The Balaban J connectivity index is 1.81. The molecule has 0 amide bonds. The maximum atomic E-state index is 3.70. The topological polar surface area (TPSA) is 31.6 Å². The predicted octanol–water partition coefficient (Wildman–Crippen LogP) is 6.14. The van der Waals surface area contributed by atoms with E-state index in [0.29, 0.717) is 0 Å². The highest BCUT2D eigenvalue weighted by atomic mass is 14.7. The van der Waals surface area contributed by atoms with Crippen LogP contribution in [0.3, 0.4) is 0 Å². The van der Waals surface area contributed by atoms with Gasteiger partial charge in [0.15, 0.2) is 0 Å². The lowest BCUT2D eigenvalue weighted by Crippen LogP contribution is -2.04. The van der Waals surface area contributed by atoms with Crippen LogP contribution in [-0.4, -0.2) is 9.97 Å². The molecule has 0 aliphatic rings. The van der Waals surface area contributed by atoms with Crippen molar-refractivity contribution in [3.05, 3.63) is 107 Å². The van der Waals surface area contributed by atoms with Crippen molar-refractivity contribution in [1.29, 1.82) is 0 Å². The number of aromatic nitrogens is 2. The van der Waals surface area contributed by atoms with Crippen LogP contribution in [0.1, 0.15) is 28.3 Å². The number of aryl methyl sites for hydroxylation is 1. The molecule has 5 rings (SSSR count). The Bertz CT molecular complexity index is 1190. The minimum absolute atomic E-state index is 0.166. The summed E-state index contributed by atoms with van der Waals surface area (Å²) in [5.74, 6) is 0.166. The summed E-state index contributed by atoms with van der Waals surface area (Å²) in [7, 11) is 0. The van der Waals surface area contributed by atoms with Gasteiger partial charge >= 0.3 is 0 Å². The number of para-hydroxylation sites is 2. The van der Waals surface area contributed by atoms with Crippen molar-refractivity contribution in [2.75, 3.05) is 0 Å². The summed E-state index contributed by atoms with van der Waals surface area (Å²) in [4.78, 5) is 7.15. The summed E-state index contributed by atoms with van der Waals surface area (Å²) in [6.45, 7) is 2.22. The van der Waals surface area contributed by atoms with Crippen LogP contribution in [0, 0.1) is 6.92 Å². The lowest BCUT2D eigenvalue weighted by Gasteiger charge is -2.18. The summed E-state index contributed by atoms with van der Waals surface area (Å²) in [6.07, 6.45) is 2.16. The Morgan fingerprint density at radius 3 is 2.12 bits per heavy atom. The van der Waals surface area contributed by atoms with Gasteiger partial charge in [0.25, 0.3) is 0 Å². The predicted molar refractivity (Wildman–Crippen MR) is 109 cm³/mol. The molecule has 2 heteroatoms. The molecule has 0 aliphatic heterocycles. The van der Waals surface area contributed by atoms with Crippen LogP contribution in [0.4, 0.5) is 0 Å². The van der Waals surface area contributed by atoms with Crippen LogP contribution in [0.25, 0.3) is 21.8 Å². The molecule has 0 saturated heterocycles. The molecule has 2 N–H and O–H groups in total. The average molecular weight is 336 g/mol. The van der Waals surface area contributed by atoms with Crippen LogP contribution >= 0.6 is 0 Å². The number of H-pyrrole nitrogens is 2. The average Bonchev–Trinajstić information content (AvgIpc) is 3.26. The molecule has 0 saturated carbocycles. The van der Waals surface area contributed by atoms with E-state index in [4.69, 9.17) is 0 Å². The SMILES string of the molecule is Cc1c(C(c2ccccc2)c2c[nH]c3ccccc23)[nH]c2ccccc12. The lowest BCUT2D eigenvalue weighted by molar-refractivity contribution is 0.935. The second kappa shape index (κ2) is 5.92. The third kappa shape index (κ3) is 2.26. The minimum atomic E-state index is 0.166. The van der Waals surface area contributed by atoms with E-state index >= 15 is 0 Å². The second-order valence-corrected chi connectivity index (χ2v) is 6.84. The summed E-state index contributed by atoms with van der Waals surface area (Å²) in [6, 6.07) is 27.8. The van der Waals surface area contributed by atoms with E-state index < -0.39 is 0 Å². The fourth-order valence-electron chi connectivity index (χ4n) is 4.07. The highest BCUT2D eigenvalue weighted by molar-refractivity contribution is 5.88. The van der Waals surface area contributed by atoms with E-state index in [1.54, 1.807) is 0 Å². The molecular formula is C24H20N2. The molecule has 0 bridgehead atoms. The number of fused-ring (bicyclic) bond motifs is 2. The standard InChI is InChI=1S/C24H20N2/c1-16-18-11-5-8-14-22(18)26-24(16)23(17-9-3-2-4-10-17)20-15-25-21-13-7-6-12-19(20)21/h2-15,23,25-26H,1H3. The number of hydrogen-bond donors (Lipinski definition) is 2. The normalized spacial score (nSPS) is 12.7. The van der Waals surface area contributed by atoms with E-state index in [0.717, 1.165) is 0 Å². The zero-order valence-electron chi connectivity index (χ0n) is 14.7. The third-order valence-electron chi connectivity index (χ3n) is 5.36. The molecule has 3 aromatic carbocycles. The fraction of sp³-hybridized carbons (Fsp3) is 0.0833. The van der Waals surface area contributed by atoms with Crippen LogP contribution < -0.4 is 0 Å². The molecule has 0 aliphatic carbocycles. The number of hydrogen-bond acceptors (Lipinski definition) is 0. The van der Waals surface area contributed by atoms with Crippen LogP contribution in [0.2, 0.25) is 0 Å². The number of nitrogens with one attached hydrogen (secondary N) is 2. The van der Waals surface area contributed by atoms with Gasteiger partial charge in [-0.05, 0) is 35.7 Å². The Morgan fingerprint density at radius 1 is 0.692 bits per heavy atom. The van der Waals surface area contributed by atoms with E-state index in [1.165, 1.54) is 44.2 Å². The van der Waals surface area contributed by atoms with Crippen molar-refractivity contribution in [2.45, 2.75) is 12.8 Å². The number of aromatic amines is 2. The Kier molecular flexibility index (Phi) is 3.42. The second-order valence-electron chi connectivity index (χ2n) is 6.84. The fourth-order valence-corrected chi connectivity index (χ4v) is 4.07. The number of benzene rings is 3. The summed E-state index contributed by atoms with van der Waals surface area (Å²) in [5, 5.41) is 2.57. The Hall–Kier alpha value is -3.26. The van der Waals surface area contributed by atoms with Crippen molar-refractivity contribution in [2.24, 2.45) is 0 Å². The van der Waals surface area contributed by atoms with Crippen molar-refractivity contribution in [3.8, 4) is 0 Å². The quantitative estimate of drug-likeness (QED) is 0.397. The lowest BCUT2D eigenvalue weighted by atomic mass is 9.86. The molecule has 0 radical (unpaired) electrons. The van der Waals surface area contributed by atoms with Gasteiger partial charge in [0.05, 0.1) is 5.92 Å². The Labute approximate surface area is 152 Å². The summed E-state index contributed by atoms with van der Waals surface area (Å²) in [5.41, 5.74) is 7.56. The van der Waals surface area contributed by atoms with Crippen LogP contribution in [0.5, 0.6) is 0 Å². The zero-order chi connectivity index (χ0) is 17.5. The largest absolute Gasteiger partial charge is 0.361 e. The van der Waals surface area contributed by atoms with Gasteiger partial charge in [-0.15, -0.1) is 0 Å². The van der Waals surface area contributed by atoms with Gasteiger partial charge in [-0.2, -0.15) is 0 Å². The summed E-state index contributed by atoms with van der Waals surface area (Å²) < 4.78 is 0. The molecule has 2 nitrogen and oxygen atoms in total.